The molecule has 1 radical (unpaired) electrons. The summed E-state index contributed by atoms with van der Waals surface area (Å²) in [6, 6.07) is 24.1. The second-order valence-corrected chi connectivity index (χ2v) is 5.95. The van der Waals surface area contributed by atoms with Gasteiger partial charge in [0.2, 0.25) is 0 Å². The van der Waals surface area contributed by atoms with E-state index < -0.39 is 0 Å². The Morgan fingerprint density at radius 1 is 0.760 bits per heavy atom. The highest BCUT2D eigenvalue weighted by Gasteiger charge is 2.12. The summed E-state index contributed by atoms with van der Waals surface area (Å²) in [6.07, 6.45) is 2.09. The van der Waals surface area contributed by atoms with Crippen LogP contribution in [0.1, 0.15) is 18.9 Å². The fraction of sp³-hybridized carbons (Fsp3) is 0.217. The molecule has 0 saturated carbocycles. The SMILES string of the molecule is CCCc1[c]ccc(-c2ccc(OC)cc2)c1-c1ccc(OC)cc1. The highest BCUT2D eigenvalue weighted by molar-refractivity contribution is 5.86. The first-order valence-electron chi connectivity index (χ1n) is 8.59. The smallest absolute Gasteiger partial charge is 0.118 e. The summed E-state index contributed by atoms with van der Waals surface area (Å²) in [4.78, 5) is 0. The molecule has 0 bridgehead atoms. The quantitative estimate of drug-likeness (QED) is 0.569. The van der Waals surface area contributed by atoms with E-state index in [1.165, 1.54) is 27.8 Å². The van der Waals surface area contributed by atoms with Crippen LogP contribution in [0.15, 0.2) is 60.7 Å². The van der Waals surface area contributed by atoms with E-state index in [0.717, 1.165) is 24.3 Å². The number of rotatable bonds is 6. The van der Waals surface area contributed by atoms with Crippen molar-refractivity contribution < 1.29 is 9.47 Å². The molecular weight excluding hydrogens is 308 g/mol. The van der Waals surface area contributed by atoms with Crippen molar-refractivity contribution in [2.24, 2.45) is 0 Å². The van der Waals surface area contributed by atoms with Gasteiger partial charge in [0.05, 0.1) is 14.2 Å². The number of benzene rings is 3. The minimum absolute atomic E-state index is 0.867. The van der Waals surface area contributed by atoms with Gasteiger partial charge in [-0.2, -0.15) is 0 Å². The zero-order chi connectivity index (χ0) is 17.6. The largest absolute Gasteiger partial charge is 0.497 e. The molecule has 0 atom stereocenters. The van der Waals surface area contributed by atoms with Crippen molar-refractivity contribution in [1.82, 2.24) is 0 Å². The molecule has 0 amide bonds. The van der Waals surface area contributed by atoms with Crippen molar-refractivity contribution in [3.05, 3.63) is 72.3 Å². The zero-order valence-corrected chi connectivity index (χ0v) is 15.0. The van der Waals surface area contributed by atoms with Gasteiger partial charge in [0.1, 0.15) is 11.5 Å². The van der Waals surface area contributed by atoms with Gasteiger partial charge >= 0.3 is 0 Å². The molecule has 2 nitrogen and oxygen atoms in total. The topological polar surface area (TPSA) is 18.5 Å². The number of aryl methyl sites for hydroxylation is 1. The van der Waals surface area contributed by atoms with E-state index in [4.69, 9.17) is 9.47 Å². The Kier molecular flexibility index (Phi) is 5.39. The van der Waals surface area contributed by atoms with Crippen LogP contribution in [0.4, 0.5) is 0 Å². The summed E-state index contributed by atoms with van der Waals surface area (Å²) >= 11 is 0. The fourth-order valence-electron chi connectivity index (χ4n) is 3.09. The Balaban J connectivity index is 2.15. The van der Waals surface area contributed by atoms with Crippen LogP contribution in [0, 0.1) is 6.07 Å². The lowest BCUT2D eigenvalue weighted by Crippen LogP contribution is -1.94. The zero-order valence-electron chi connectivity index (χ0n) is 15.0. The normalized spacial score (nSPS) is 10.5. The molecule has 3 aromatic rings. The van der Waals surface area contributed by atoms with Gasteiger partial charge in [0, 0.05) is 0 Å². The molecule has 3 aromatic carbocycles. The van der Waals surface area contributed by atoms with Gasteiger partial charge in [-0.1, -0.05) is 49.7 Å². The number of hydrogen-bond acceptors (Lipinski definition) is 2. The van der Waals surface area contributed by atoms with Crippen LogP contribution in [-0.4, -0.2) is 14.2 Å². The third kappa shape index (κ3) is 3.69. The summed E-state index contributed by atoms with van der Waals surface area (Å²) in [5.41, 5.74) is 6.08. The first-order chi connectivity index (χ1) is 12.3. The Morgan fingerprint density at radius 3 is 1.84 bits per heavy atom. The Labute approximate surface area is 150 Å². The van der Waals surface area contributed by atoms with Crippen molar-refractivity contribution >= 4 is 0 Å². The molecule has 25 heavy (non-hydrogen) atoms. The summed E-state index contributed by atoms with van der Waals surface area (Å²) < 4.78 is 10.6. The third-order valence-corrected chi connectivity index (χ3v) is 4.36. The molecule has 0 aliphatic heterocycles. The Bertz CT molecular complexity index is 818. The van der Waals surface area contributed by atoms with E-state index in [1.807, 2.05) is 30.3 Å². The van der Waals surface area contributed by atoms with Crippen molar-refractivity contribution in [1.29, 1.82) is 0 Å². The van der Waals surface area contributed by atoms with Crippen LogP contribution in [0.5, 0.6) is 11.5 Å². The van der Waals surface area contributed by atoms with Crippen molar-refractivity contribution in [2.75, 3.05) is 14.2 Å². The fourth-order valence-corrected chi connectivity index (χ4v) is 3.09. The third-order valence-electron chi connectivity index (χ3n) is 4.36. The standard InChI is InChI=1S/C23H23O2/c1-4-6-18-7-5-8-22(17-9-13-20(24-2)14-10-17)23(18)19-11-15-21(25-3)16-12-19/h5,8-16H,4,6H2,1-3H3. The van der Waals surface area contributed by atoms with Gasteiger partial charge in [-0.3, -0.25) is 0 Å². The lowest BCUT2D eigenvalue weighted by molar-refractivity contribution is 0.414. The summed E-state index contributed by atoms with van der Waals surface area (Å²) in [5, 5.41) is 0. The summed E-state index contributed by atoms with van der Waals surface area (Å²) in [7, 11) is 3.38. The summed E-state index contributed by atoms with van der Waals surface area (Å²) in [6.45, 7) is 2.20. The number of methoxy groups -OCH3 is 2. The molecule has 0 aromatic heterocycles. The van der Waals surface area contributed by atoms with Gasteiger partial charge in [0.15, 0.2) is 0 Å². The monoisotopic (exact) mass is 331 g/mol. The van der Waals surface area contributed by atoms with E-state index in [9.17, 15) is 0 Å². The maximum absolute atomic E-state index is 5.30. The Morgan fingerprint density at radius 2 is 1.32 bits per heavy atom. The van der Waals surface area contributed by atoms with E-state index in [-0.39, 0.29) is 0 Å². The lowest BCUT2D eigenvalue weighted by Gasteiger charge is -2.16. The predicted molar refractivity (Wildman–Crippen MR) is 103 cm³/mol. The highest BCUT2D eigenvalue weighted by atomic mass is 16.5. The first-order valence-corrected chi connectivity index (χ1v) is 8.59. The molecule has 0 fully saturated rings. The summed E-state index contributed by atoms with van der Waals surface area (Å²) in [5.74, 6) is 1.73. The molecule has 0 saturated heterocycles. The van der Waals surface area contributed by atoms with E-state index >= 15 is 0 Å². The average Bonchev–Trinajstić information content (AvgIpc) is 2.68. The van der Waals surface area contributed by atoms with E-state index in [0.29, 0.717) is 0 Å². The van der Waals surface area contributed by atoms with Crippen LogP contribution < -0.4 is 9.47 Å². The predicted octanol–water partition coefficient (Wildman–Crippen LogP) is 5.79. The average molecular weight is 331 g/mol. The lowest BCUT2D eigenvalue weighted by atomic mass is 9.89. The van der Waals surface area contributed by atoms with Crippen LogP contribution >= 0.6 is 0 Å². The van der Waals surface area contributed by atoms with Crippen LogP contribution in [0.25, 0.3) is 22.3 Å². The molecule has 3 rings (SSSR count). The van der Waals surface area contributed by atoms with Gasteiger partial charge in [-0.15, -0.1) is 0 Å². The van der Waals surface area contributed by atoms with Gasteiger partial charge in [0.25, 0.3) is 0 Å². The minimum atomic E-state index is 0.867. The highest BCUT2D eigenvalue weighted by Crippen LogP contribution is 2.36. The molecule has 2 heteroatoms. The van der Waals surface area contributed by atoms with Crippen molar-refractivity contribution in [3.63, 3.8) is 0 Å². The molecule has 0 aliphatic rings. The molecule has 0 unspecified atom stereocenters. The second-order valence-electron chi connectivity index (χ2n) is 5.95. The second kappa shape index (κ2) is 7.89. The van der Waals surface area contributed by atoms with Crippen LogP contribution in [0.3, 0.4) is 0 Å². The van der Waals surface area contributed by atoms with Crippen LogP contribution in [0.2, 0.25) is 0 Å². The first kappa shape index (κ1) is 17.1. The maximum atomic E-state index is 5.30. The molecule has 0 aliphatic carbocycles. The molecular formula is C23H23O2. The maximum Gasteiger partial charge on any atom is 0.118 e. The Hall–Kier alpha value is -2.74. The van der Waals surface area contributed by atoms with E-state index in [2.05, 4.69) is 43.3 Å². The number of hydrogen-bond donors (Lipinski definition) is 0. The minimum Gasteiger partial charge on any atom is -0.497 e. The van der Waals surface area contributed by atoms with Crippen molar-refractivity contribution in [3.8, 4) is 33.8 Å². The molecule has 0 heterocycles. The number of ether oxygens (including phenoxy) is 2. The van der Waals surface area contributed by atoms with Crippen LogP contribution in [-0.2, 0) is 6.42 Å². The van der Waals surface area contributed by atoms with Gasteiger partial charge in [-0.05, 0) is 64.6 Å². The van der Waals surface area contributed by atoms with Gasteiger partial charge in [-0.25, -0.2) is 0 Å². The van der Waals surface area contributed by atoms with Crippen molar-refractivity contribution in [2.45, 2.75) is 19.8 Å². The molecule has 0 N–H and O–H groups in total. The molecule has 127 valence electrons. The van der Waals surface area contributed by atoms with E-state index in [1.54, 1.807) is 14.2 Å². The van der Waals surface area contributed by atoms with Gasteiger partial charge < -0.3 is 9.47 Å². The molecule has 0 spiro atoms.